The van der Waals surface area contributed by atoms with E-state index in [-0.39, 0.29) is 0 Å². The Morgan fingerprint density at radius 1 is 1.11 bits per heavy atom. The average molecular weight is 398 g/mol. The molecule has 3 rings (SSSR count). The topological polar surface area (TPSA) is 48.1 Å². The van der Waals surface area contributed by atoms with E-state index in [0.717, 1.165) is 47.8 Å². The maximum atomic E-state index is 5.76. The van der Waals surface area contributed by atoms with Gasteiger partial charge >= 0.3 is 0 Å². The highest BCUT2D eigenvalue weighted by molar-refractivity contribution is 7.71. The normalized spacial score (nSPS) is 11.1. The van der Waals surface area contributed by atoms with E-state index in [4.69, 9.17) is 22.1 Å². The maximum Gasteiger partial charge on any atom is 0.199 e. The van der Waals surface area contributed by atoms with Gasteiger partial charge in [0.05, 0.1) is 13.3 Å². The standard InChI is InChI=1S/C21H27N5OS/c1-3-14-25-20(18-10-12-22-13-11-18)23-26(21(25)28)17-24(2)15-7-16-27-19-8-5-4-6-9-19/h4-6,8-13H,3,7,14-17H2,1-2H3. The van der Waals surface area contributed by atoms with Gasteiger partial charge in [-0.25, -0.2) is 4.68 Å². The number of aromatic nitrogens is 4. The van der Waals surface area contributed by atoms with Gasteiger partial charge in [-0.3, -0.25) is 14.5 Å². The molecule has 0 N–H and O–H groups in total. The molecule has 0 unspecified atom stereocenters. The van der Waals surface area contributed by atoms with Crippen molar-refractivity contribution in [3.8, 4) is 17.1 Å². The van der Waals surface area contributed by atoms with E-state index in [1.165, 1.54) is 0 Å². The Hall–Kier alpha value is -2.51. The van der Waals surface area contributed by atoms with Gasteiger partial charge in [0.2, 0.25) is 0 Å². The minimum Gasteiger partial charge on any atom is -0.494 e. The molecule has 7 heteroatoms. The van der Waals surface area contributed by atoms with Gasteiger partial charge in [0, 0.05) is 31.0 Å². The fraction of sp³-hybridized carbons (Fsp3) is 0.381. The van der Waals surface area contributed by atoms with Crippen LogP contribution in [0.4, 0.5) is 0 Å². The molecule has 6 nitrogen and oxygen atoms in total. The molecule has 2 aromatic heterocycles. The molecule has 0 aliphatic rings. The number of para-hydroxylation sites is 1. The van der Waals surface area contributed by atoms with Crippen molar-refractivity contribution < 1.29 is 4.74 Å². The molecule has 148 valence electrons. The Bertz CT molecular complexity index is 908. The van der Waals surface area contributed by atoms with E-state index in [9.17, 15) is 0 Å². The molecule has 0 radical (unpaired) electrons. The zero-order chi connectivity index (χ0) is 19.8. The number of rotatable bonds is 10. The Morgan fingerprint density at radius 2 is 1.86 bits per heavy atom. The SMILES string of the molecule is CCCn1c(-c2ccncc2)nn(CN(C)CCCOc2ccccc2)c1=S. The summed E-state index contributed by atoms with van der Waals surface area (Å²) in [7, 11) is 2.08. The Labute approximate surface area is 171 Å². The first-order valence-corrected chi connectivity index (χ1v) is 10.0. The quantitative estimate of drug-likeness (QED) is 0.378. The highest BCUT2D eigenvalue weighted by Gasteiger charge is 2.13. The molecule has 0 aliphatic heterocycles. The number of benzene rings is 1. The molecule has 0 amide bonds. The van der Waals surface area contributed by atoms with E-state index < -0.39 is 0 Å². The second-order valence-electron chi connectivity index (χ2n) is 6.73. The number of pyridine rings is 1. The minimum absolute atomic E-state index is 0.652. The van der Waals surface area contributed by atoms with Crippen LogP contribution in [-0.2, 0) is 13.2 Å². The summed E-state index contributed by atoms with van der Waals surface area (Å²) in [5.74, 6) is 1.81. The first kappa shape index (κ1) is 20.2. The fourth-order valence-electron chi connectivity index (χ4n) is 3.01. The van der Waals surface area contributed by atoms with Gasteiger partial charge in [0.1, 0.15) is 5.75 Å². The lowest BCUT2D eigenvalue weighted by Crippen LogP contribution is -2.25. The average Bonchev–Trinajstić information content (AvgIpc) is 3.03. The first-order chi connectivity index (χ1) is 13.7. The van der Waals surface area contributed by atoms with Crippen molar-refractivity contribution in [2.45, 2.75) is 33.0 Å². The zero-order valence-corrected chi connectivity index (χ0v) is 17.3. The first-order valence-electron chi connectivity index (χ1n) is 9.63. The van der Waals surface area contributed by atoms with Crippen LogP contribution in [0.15, 0.2) is 54.9 Å². The number of ether oxygens (including phenoxy) is 1. The molecule has 0 saturated heterocycles. The highest BCUT2D eigenvalue weighted by Crippen LogP contribution is 2.18. The number of hydrogen-bond donors (Lipinski definition) is 0. The summed E-state index contributed by atoms with van der Waals surface area (Å²) in [5.41, 5.74) is 1.03. The number of nitrogens with zero attached hydrogens (tertiary/aromatic N) is 5. The molecule has 0 aliphatic carbocycles. The van der Waals surface area contributed by atoms with Crippen LogP contribution in [-0.4, -0.2) is 44.4 Å². The van der Waals surface area contributed by atoms with Crippen molar-refractivity contribution in [2.75, 3.05) is 20.2 Å². The van der Waals surface area contributed by atoms with E-state index in [1.54, 1.807) is 12.4 Å². The Kier molecular flexibility index (Phi) is 7.33. The second-order valence-corrected chi connectivity index (χ2v) is 7.09. The van der Waals surface area contributed by atoms with Crippen molar-refractivity contribution in [1.29, 1.82) is 0 Å². The Balaban J connectivity index is 1.61. The summed E-state index contributed by atoms with van der Waals surface area (Å²) in [5, 5.41) is 4.79. The van der Waals surface area contributed by atoms with Gasteiger partial charge < -0.3 is 4.74 Å². The van der Waals surface area contributed by atoms with Crippen LogP contribution in [0.2, 0.25) is 0 Å². The van der Waals surface area contributed by atoms with Crippen LogP contribution in [0.25, 0.3) is 11.4 Å². The molecule has 3 aromatic rings. The van der Waals surface area contributed by atoms with Crippen LogP contribution in [0.5, 0.6) is 5.75 Å². The van der Waals surface area contributed by atoms with Crippen molar-refractivity contribution in [3.05, 3.63) is 59.6 Å². The molecular weight excluding hydrogens is 370 g/mol. The highest BCUT2D eigenvalue weighted by atomic mass is 32.1. The van der Waals surface area contributed by atoms with Gasteiger partial charge in [0.25, 0.3) is 0 Å². The predicted octanol–water partition coefficient (Wildman–Crippen LogP) is 4.24. The minimum atomic E-state index is 0.652. The lowest BCUT2D eigenvalue weighted by Gasteiger charge is -2.16. The van der Waals surface area contributed by atoms with Crippen LogP contribution >= 0.6 is 12.2 Å². The van der Waals surface area contributed by atoms with Gasteiger partial charge in [-0.1, -0.05) is 25.1 Å². The largest absolute Gasteiger partial charge is 0.494 e. The summed E-state index contributed by atoms with van der Waals surface area (Å²) in [6, 6.07) is 13.8. The van der Waals surface area contributed by atoms with Crippen molar-refractivity contribution in [2.24, 2.45) is 0 Å². The number of hydrogen-bond acceptors (Lipinski definition) is 5. The molecular formula is C21H27N5OS. The third-order valence-electron chi connectivity index (χ3n) is 4.38. The van der Waals surface area contributed by atoms with E-state index in [1.807, 2.05) is 47.1 Å². The van der Waals surface area contributed by atoms with Crippen LogP contribution in [0.3, 0.4) is 0 Å². The molecule has 0 bridgehead atoms. The van der Waals surface area contributed by atoms with Crippen LogP contribution < -0.4 is 4.74 Å². The monoisotopic (exact) mass is 397 g/mol. The molecule has 2 heterocycles. The Morgan fingerprint density at radius 3 is 2.57 bits per heavy atom. The summed E-state index contributed by atoms with van der Waals surface area (Å²) in [6.07, 6.45) is 5.51. The summed E-state index contributed by atoms with van der Waals surface area (Å²) >= 11 is 5.69. The third-order valence-corrected chi connectivity index (χ3v) is 4.81. The lowest BCUT2D eigenvalue weighted by atomic mass is 10.2. The van der Waals surface area contributed by atoms with Crippen molar-refractivity contribution in [1.82, 2.24) is 24.2 Å². The van der Waals surface area contributed by atoms with Crippen LogP contribution in [0.1, 0.15) is 19.8 Å². The van der Waals surface area contributed by atoms with E-state index >= 15 is 0 Å². The molecule has 28 heavy (non-hydrogen) atoms. The van der Waals surface area contributed by atoms with Gasteiger partial charge in [0.15, 0.2) is 10.6 Å². The van der Waals surface area contributed by atoms with Crippen molar-refractivity contribution >= 4 is 12.2 Å². The predicted molar refractivity (Wildman–Crippen MR) is 114 cm³/mol. The third kappa shape index (κ3) is 5.27. The summed E-state index contributed by atoms with van der Waals surface area (Å²) in [6.45, 7) is 5.24. The maximum absolute atomic E-state index is 5.76. The van der Waals surface area contributed by atoms with Gasteiger partial charge in [-0.05, 0) is 56.4 Å². The van der Waals surface area contributed by atoms with E-state index in [2.05, 4.69) is 28.4 Å². The van der Waals surface area contributed by atoms with Crippen LogP contribution in [0, 0.1) is 4.77 Å². The zero-order valence-electron chi connectivity index (χ0n) is 16.5. The molecule has 0 fully saturated rings. The molecule has 0 spiro atoms. The molecule has 0 saturated carbocycles. The van der Waals surface area contributed by atoms with Crippen molar-refractivity contribution in [3.63, 3.8) is 0 Å². The van der Waals surface area contributed by atoms with Gasteiger partial charge in [-0.15, -0.1) is 0 Å². The molecule has 1 aromatic carbocycles. The smallest absolute Gasteiger partial charge is 0.199 e. The van der Waals surface area contributed by atoms with E-state index in [0.29, 0.717) is 13.3 Å². The molecule has 0 atom stereocenters. The second kappa shape index (κ2) is 10.1. The van der Waals surface area contributed by atoms with Gasteiger partial charge in [-0.2, -0.15) is 5.10 Å². The fourth-order valence-corrected chi connectivity index (χ4v) is 3.29. The lowest BCUT2D eigenvalue weighted by molar-refractivity contribution is 0.221. The summed E-state index contributed by atoms with van der Waals surface area (Å²) < 4.78 is 10.5. The summed E-state index contributed by atoms with van der Waals surface area (Å²) in [4.78, 5) is 6.31.